The highest BCUT2D eigenvalue weighted by Crippen LogP contribution is 2.45. The van der Waals surface area contributed by atoms with Gasteiger partial charge in [-0.05, 0) is 29.1 Å². The first-order chi connectivity index (χ1) is 15.7. The molecule has 2 atom stereocenters. The van der Waals surface area contributed by atoms with Gasteiger partial charge < -0.3 is 5.11 Å². The van der Waals surface area contributed by atoms with E-state index in [2.05, 4.69) is 0 Å². The predicted octanol–water partition coefficient (Wildman–Crippen LogP) is 5.82. The maximum Gasteiger partial charge on any atom is 0.416 e. The number of alkyl halides is 3. The number of hydrogen-bond donors (Lipinski definition) is 1. The second-order valence-electron chi connectivity index (χ2n) is 8.27. The van der Waals surface area contributed by atoms with E-state index in [1.54, 1.807) is 6.07 Å². The van der Waals surface area contributed by atoms with Crippen molar-refractivity contribution in [2.75, 3.05) is 6.54 Å². The number of nitrogens with zero attached hydrogens (tertiary/aromatic N) is 1. The molecular weight excluding hydrogens is 451 g/mol. The van der Waals surface area contributed by atoms with Crippen molar-refractivity contribution in [1.29, 1.82) is 0 Å². The molecule has 33 heavy (non-hydrogen) atoms. The third kappa shape index (κ3) is 4.72. The van der Waals surface area contributed by atoms with Gasteiger partial charge in [0.1, 0.15) is 6.54 Å². The van der Waals surface area contributed by atoms with Crippen molar-refractivity contribution in [3.8, 4) is 0 Å². The third-order valence-corrected chi connectivity index (χ3v) is 7.13. The summed E-state index contributed by atoms with van der Waals surface area (Å²) in [6.45, 7) is 0.438. The van der Waals surface area contributed by atoms with Gasteiger partial charge in [0.25, 0.3) is 0 Å². The van der Waals surface area contributed by atoms with E-state index in [0.717, 1.165) is 28.1 Å². The largest absolute Gasteiger partial charge is 0.481 e. The Hall–Kier alpha value is -2.97. The maximum atomic E-state index is 13.7. The molecule has 2 unspecified atom stereocenters. The number of carbonyl (C=O) groups excluding carboxylic acids is 1. The SMILES string of the molecule is O=C(O)CCC(=O)[N+]1(Cc2cccc(C(F)(F)F)c2)CCc2ccccc2C1c1cccs1. The van der Waals surface area contributed by atoms with E-state index in [-0.39, 0.29) is 29.8 Å². The van der Waals surface area contributed by atoms with Crippen LogP contribution < -0.4 is 0 Å². The Bertz CT molecular complexity index is 1160. The molecule has 0 aliphatic carbocycles. The van der Waals surface area contributed by atoms with Crippen LogP contribution in [0.15, 0.2) is 66.0 Å². The molecule has 172 valence electrons. The molecule has 1 amide bonds. The lowest BCUT2D eigenvalue weighted by Gasteiger charge is -2.46. The number of carbonyl (C=O) groups is 2. The van der Waals surface area contributed by atoms with Crippen LogP contribution in [-0.4, -0.2) is 28.0 Å². The molecule has 0 saturated heterocycles. The lowest BCUT2D eigenvalue weighted by Crippen LogP contribution is -2.57. The fraction of sp³-hybridized carbons (Fsp3) is 0.280. The molecule has 1 aliphatic heterocycles. The lowest BCUT2D eigenvalue weighted by molar-refractivity contribution is -0.894. The fourth-order valence-electron chi connectivity index (χ4n) is 4.72. The van der Waals surface area contributed by atoms with Gasteiger partial charge in [0.05, 0.1) is 29.8 Å². The average molecular weight is 475 g/mol. The Balaban J connectivity index is 1.85. The molecule has 0 bridgehead atoms. The van der Waals surface area contributed by atoms with Crippen LogP contribution in [-0.2, 0) is 28.7 Å². The van der Waals surface area contributed by atoms with Crippen LogP contribution in [0.3, 0.4) is 0 Å². The minimum Gasteiger partial charge on any atom is -0.481 e. The van der Waals surface area contributed by atoms with Crippen molar-refractivity contribution < 1.29 is 32.3 Å². The Labute approximate surface area is 193 Å². The summed E-state index contributed by atoms with van der Waals surface area (Å²) in [6.07, 6.45) is -4.41. The monoisotopic (exact) mass is 474 g/mol. The predicted molar refractivity (Wildman–Crippen MR) is 118 cm³/mol. The maximum absolute atomic E-state index is 13.7. The Morgan fingerprint density at radius 1 is 1.03 bits per heavy atom. The molecule has 3 aromatic rings. The van der Waals surface area contributed by atoms with E-state index < -0.39 is 23.8 Å². The van der Waals surface area contributed by atoms with Crippen LogP contribution in [0.1, 0.15) is 46.0 Å². The number of halogens is 3. The molecule has 2 heterocycles. The zero-order valence-electron chi connectivity index (χ0n) is 17.7. The zero-order valence-corrected chi connectivity index (χ0v) is 18.5. The normalized spacial score (nSPS) is 20.3. The number of rotatable bonds is 6. The Morgan fingerprint density at radius 2 is 1.82 bits per heavy atom. The second-order valence-corrected chi connectivity index (χ2v) is 9.25. The topological polar surface area (TPSA) is 54.4 Å². The molecule has 0 spiro atoms. The van der Waals surface area contributed by atoms with Gasteiger partial charge in [0.2, 0.25) is 0 Å². The van der Waals surface area contributed by atoms with E-state index in [9.17, 15) is 27.9 Å². The summed E-state index contributed by atoms with van der Waals surface area (Å²) in [5.74, 6) is -1.35. The molecule has 1 N–H and O–H groups in total. The Kier molecular flexibility index (Phi) is 6.41. The van der Waals surface area contributed by atoms with Gasteiger partial charge >= 0.3 is 18.1 Å². The highest BCUT2D eigenvalue weighted by Gasteiger charge is 2.49. The number of fused-ring (bicyclic) bond motifs is 1. The van der Waals surface area contributed by atoms with Gasteiger partial charge in [-0.2, -0.15) is 13.2 Å². The van der Waals surface area contributed by atoms with Crippen LogP contribution in [0.5, 0.6) is 0 Å². The number of thiophene rings is 1. The van der Waals surface area contributed by atoms with Crippen LogP contribution >= 0.6 is 11.3 Å². The number of aliphatic carboxylic acids is 1. The number of hydrogen-bond acceptors (Lipinski definition) is 3. The van der Waals surface area contributed by atoms with Crippen molar-refractivity contribution in [2.45, 2.75) is 38.0 Å². The van der Waals surface area contributed by atoms with Gasteiger partial charge in [-0.15, -0.1) is 11.3 Å². The highest BCUT2D eigenvalue weighted by molar-refractivity contribution is 7.10. The van der Waals surface area contributed by atoms with Gasteiger partial charge in [0, 0.05) is 17.5 Å². The summed E-state index contributed by atoms with van der Waals surface area (Å²) in [5, 5.41) is 11.1. The number of carboxylic acid groups (broad SMARTS) is 1. The van der Waals surface area contributed by atoms with E-state index >= 15 is 0 Å². The van der Waals surface area contributed by atoms with Gasteiger partial charge in [-0.3, -0.25) is 4.79 Å². The summed E-state index contributed by atoms with van der Waals surface area (Å²) in [5.41, 5.74) is 1.69. The minimum atomic E-state index is -4.49. The van der Waals surface area contributed by atoms with Crippen LogP contribution in [0, 0.1) is 0 Å². The first kappa shape index (κ1) is 23.2. The van der Waals surface area contributed by atoms with Crippen molar-refractivity contribution in [3.63, 3.8) is 0 Å². The minimum absolute atomic E-state index is 0.0548. The van der Waals surface area contributed by atoms with Crippen LogP contribution in [0.2, 0.25) is 0 Å². The van der Waals surface area contributed by atoms with E-state index in [1.807, 2.05) is 41.8 Å². The number of benzene rings is 2. The molecule has 4 nitrogen and oxygen atoms in total. The van der Waals surface area contributed by atoms with Crippen molar-refractivity contribution >= 4 is 23.2 Å². The van der Waals surface area contributed by atoms with E-state index in [0.29, 0.717) is 18.5 Å². The first-order valence-electron chi connectivity index (χ1n) is 10.6. The molecule has 0 saturated carbocycles. The van der Waals surface area contributed by atoms with E-state index in [4.69, 9.17) is 0 Å². The van der Waals surface area contributed by atoms with Gasteiger partial charge in [-0.1, -0.05) is 42.5 Å². The molecule has 2 aromatic carbocycles. The molecular formula is C25H23F3NO3S+. The average Bonchev–Trinajstić information content (AvgIpc) is 3.31. The number of quaternary nitrogens is 1. The van der Waals surface area contributed by atoms with E-state index in [1.165, 1.54) is 17.4 Å². The zero-order chi connectivity index (χ0) is 23.6. The molecule has 4 rings (SSSR count). The third-order valence-electron chi connectivity index (χ3n) is 6.21. The molecule has 0 fully saturated rings. The summed E-state index contributed by atoms with van der Waals surface area (Å²) in [6, 6.07) is 16.3. The van der Waals surface area contributed by atoms with Crippen molar-refractivity contribution in [1.82, 2.24) is 0 Å². The second kappa shape index (κ2) is 9.11. The van der Waals surface area contributed by atoms with Crippen molar-refractivity contribution in [3.05, 3.63) is 93.2 Å². The summed E-state index contributed by atoms with van der Waals surface area (Å²) in [4.78, 5) is 25.9. The molecule has 8 heteroatoms. The van der Waals surface area contributed by atoms with Crippen LogP contribution in [0.4, 0.5) is 13.2 Å². The van der Waals surface area contributed by atoms with Crippen LogP contribution in [0.25, 0.3) is 0 Å². The lowest BCUT2D eigenvalue weighted by atomic mass is 9.87. The number of carboxylic acids is 1. The summed E-state index contributed by atoms with van der Waals surface area (Å²) < 4.78 is 40.0. The van der Waals surface area contributed by atoms with Gasteiger partial charge in [-0.25, -0.2) is 9.28 Å². The molecule has 1 aromatic heterocycles. The number of amides is 1. The standard InChI is InChI=1S/C25H22F3NO3S/c26-25(27,28)19-7-3-5-17(15-19)16-29(22(30)10-11-23(31)32)13-12-18-6-1-2-8-20(18)24(29)21-9-4-14-33-21/h1-9,14-15,24H,10-13,16H2/p+1. The first-order valence-corrected chi connectivity index (χ1v) is 11.5. The fourth-order valence-corrected chi connectivity index (χ4v) is 5.65. The molecule has 0 radical (unpaired) electrons. The Morgan fingerprint density at radius 3 is 2.52 bits per heavy atom. The van der Waals surface area contributed by atoms with Crippen molar-refractivity contribution in [2.24, 2.45) is 0 Å². The quantitative estimate of drug-likeness (QED) is 0.458. The smallest absolute Gasteiger partial charge is 0.416 e. The molecule has 1 aliphatic rings. The summed E-state index contributed by atoms with van der Waals surface area (Å²) >= 11 is 1.49. The summed E-state index contributed by atoms with van der Waals surface area (Å²) in [7, 11) is 0. The van der Waals surface area contributed by atoms with Gasteiger partial charge in [0.15, 0.2) is 6.04 Å². The highest BCUT2D eigenvalue weighted by atomic mass is 32.1.